The van der Waals surface area contributed by atoms with Gasteiger partial charge in [0.05, 0.1) is 0 Å². The van der Waals surface area contributed by atoms with Crippen molar-refractivity contribution < 1.29 is 19.1 Å². The van der Waals surface area contributed by atoms with E-state index in [9.17, 15) is 14.4 Å². The van der Waals surface area contributed by atoms with Crippen LogP contribution in [0.3, 0.4) is 0 Å². The summed E-state index contributed by atoms with van der Waals surface area (Å²) in [6, 6.07) is 10.6. The largest absolute Gasteiger partial charge is 0.459 e. The Balaban J connectivity index is 1.98. The van der Waals surface area contributed by atoms with Gasteiger partial charge in [0.1, 0.15) is 13.2 Å². The molecular formula is C21H23NO4. The molecule has 0 aromatic heterocycles. The van der Waals surface area contributed by atoms with Gasteiger partial charge in [0.25, 0.3) is 5.91 Å². The summed E-state index contributed by atoms with van der Waals surface area (Å²) < 4.78 is 5.29. The smallest absolute Gasteiger partial charge is 0.325 e. The third kappa shape index (κ3) is 4.57. The third-order valence-electron chi connectivity index (χ3n) is 4.29. The van der Waals surface area contributed by atoms with E-state index in [1.807, 2.05) is 32.9 Å². The molecule has 0 saturated carbocycles. The topological polar surface area (TPSA) is 72.5 Å². The van der Waals surface area contributed by atoms with E-state index in [1.54, 1.807) is 24.3 Å². The van der Waals surface area contributed by atoms with E-state index in [0.29, 0.717) is 11.1 Å². The monoisotopic (exact) mass is 353 g/mol. The first-order valence-electron chi connectivity index (χ1n) is 8.40. The van der Waals surface area contributed by atoms with E-state index in [0.717, 1.165) is 22.3 Å². The Morgan fingerprint density at radius 2 is 1.65 bits per heavy atom. The molecule has 2 aromatic carbocycles. The van der Waals surface area contributed by atoms with E-state index in [4.69, 9.17) is 4.74 Å². The fourth-order valence-electron chi connectivity index (χ4n) is 3.04. The van der Waals surface area contributed by atoms with Crippen molar-refractivity contribution in [3.05, 3.63) is 69.8 Å². The van der Waals surface area contributed by atoms with Crippen molar-refractivity contribution in [2.75, 3.05) is 6.54 Å². The quantitative estimate of drug-likeness (QED) is 0.639. The lowest BCUT2D eigenvalue weighted by Crippen LogP contribution is -2.30. The fraction of sp³-hybridized carbons (Fsp3) is 0.286. The molecule has 5 nitrogen and oxygen atoms in total. The molecule has 2 aromatic rings. The lowest BCUT2D eigenvalue weighted by atomic mass is 9.92. The summed E-state index contributed by atoms with van der Waals surface area (Å²) in [5, 5.41) is 2.54. The minimum absolute atomic E-state index is 0.0114. The van der Waals surface area contributed by atoms with Crippen LogP contribution >= 0.6 is 0 Å². The van der Waals surface area contributed by atoms with Gasteiger partial charge in [-0.2, -0.15) is 0 Å². The highest BCUT2D eigenvalue weighted by molar-refractivity contribution is 5.97. The van der Waals surface area contributed by atoms with Gasteiger partial charge in [-0.05, 0) is 62.1 Å². The highest BCUT2D eigenvalue weighted by atomic mass is 16.5. The molecule has 2 rings (SSSR count). The van der Waals surface area contributed by atoms with E-state index < -0.39 is 5.97 Å². The normalized spacial score (nSPS) is 10.3. The minimum atomic E-state index is -0.530. The second kappa shape index (κ2) is 8.43. The van der Waals surface area contributed by atoms with Crippen LogP contribution in [0.15, 0.2) is 36.4 Å². The second-order valence-electron chi connectivity index (χ2n) is 6.25. The zero-order valence-electron chi connectivity index (χ0n) is 15.5. The van der Waals surface area contributed by atoms with Gasteiger partial charge in [-0.25, -0.2) is 0 Å². The molecule has 0 spiro atoms. The molecule has 0 aliphatic rings. The molecule has 0 aliphatic heterocycles. The van der Waals surface area contributed by atoms with Crippen molar-refractivity contribution in [3.63, 3.8) is 0 Å². The summed E-state index contributed by atoms with van der Waals surface area (Å²) in [6.07, 6.45) is 0. The first-order chi connectivity index (χ1) is 12.3. The van der Waals surface area contributed by atoms with E-state index in [1.165, 1.54) is 6.92 Å². The standard InChI is InChI=1S/C21H23NO4/c1-13-10-14(2)20(16(4)23)15(3)18(13)12-26-19(24)11-22-21(25)17-8-6-5-7-9-17/h5-10H,11-12H2,1-4H3,(H,22,25). The summed E-state index contributed by atoms with van der Waals surface area (Å²) in [6.45, 7) is 7.06. The van der Waals surface area contributed by atoms with Crippen molar-refractivity contribution in [1.82, 2.24) is 5.32 Å². The van der Waals surface area contributed by atoms with Crippen molar-refractivity contribution in [2.24, 2.45) is 0 Å². The summed E-state index contributed by atoms with van der Waals surface area (Å²) in [7, 11) is 0. The average Bonchev–Trinajstić information content (AvgIpc) is 2.59. The Morgan fingerprint density at radius 3 is 2.27 bits per heavy atom. The van der Waals surface area contributed by atoms with Crippen LogP contribution in [-0.4, -0.2) is 24.2 Å². The molecule has 0 bridgehead atoms. The zero-order valence-corrected chi connectivity index (χ0v) is 15.5. The fourth-order valence-corrected chi connectivity index (χ4v) is 3.04. The number of carbonyl (C=O) groups excluding carboxylic acids is 3. The summed E-state index contributed by atoms with van der Waals surface area (Å²) in [5.74, 6) is -0.871. The molecule has 5 heteroatoms. The third-order valence-corrected chi connectivity index (χ3v) is 4.29. The molecule has 0 radical (unpaired) electrons. The average molecular weight is 353 g/mol. The van der Waals surface area contributed by atoms with Crippen LogP contribution in [0, 0.1) is 20.8 Å². The Hall–Kier alpha value is -2.95. The van der Waals surface area contributed by atoms with Crippen LogP contribution in [0.2, 0.25) is 0 Å². The molecule has 0 fully saturated rings. The zero-order chi connectivity index (χ0) is 19.3. The van der Waals surface area contributed by atoms with Crippen LogP contribution in [0.25, 0.3) is 0 Å². The van der Waals surface area contributed by atoms with E-state index in [2.05, 4.69) is 5.32 Å². The highest BCUT2D eigenvalue weighted by Crippen LogP contribution is 2.23. The predicted octanol–water partition coefficient (Wildman–Crippen LogP) is 3.29. The number of esters is 1. The first-order valence-corrected chi connectivity index (χ1v) is 8.40. The van der Waals surface area contributed by atoms with Crippen LogP contribution in [0.4, 0.5) is 0 Å². The summed E-state index contributed by atoms with van der Waals surface area (Å²) in [5.41, 5.74) is 4.68. The van der Waals surface area contributed by atoms with E-state index in [-0.39, 0.29) is 24.8 Å². The Kier molecular flexibility index (Phi) is 6.28. The lowest BCUT2D eigenvalue weighted by molar-refractivity contribution is -0.143. The van der Waals surface area contributed by atoms with Gasteiger partial charge in [-0.3, -0.25) is 14.4 Å². The highest BCUT2D eigenvalue weighted by Gasteiger charge is 2.16. The van der Waals surface area contributed by atoms with Gasteiger partial charge in [-0.1, -0.05) is 24.3 Å². The van der Waals surface area contributed by atoms with Crippen LogP contribution in [0.1, 0.15) is 49.9 Å². The molecule has 1 N–H and O–H groups in total. The Labute approximate surface area is 153 Å². The van der Waals surface area contributed by atoms with E-state index >= 15 is 0 Å². The number of ether oxygens (including phenoxy) is 1. The number of hydrogen-bond donors (Lipinski definition) is 1. The summed E-state index contributed by atoms with van der Waals surface area (Å²) in [4.78, 5) is 35.7. The van der Waals surface area contributed by atoms with Gasteiger partial charge >= 0.3 is 5.97 Å². The predicted molar refractivity (Wildman–Crippen MR) is 99.2 cm³/mol. The molecule has 0 unspecified atom stereocenters. The van der Waals surface area contributed by atoms with Gasteiger partial charge < -0.3 is 10.1 Å². The molecule has 0 aliphatic carbocycles. The maximum Gasteiger partial charge on any atom is 0.325 e. The van der Waals surface area contributed by atoms with Crippen molar-refractivity contribution in [1.29, 1.82) is 0 Å². The maximum atomic E-state index is 12.0. The van der Waals surface area contributed by atoms with Crippen LogP contribution in [-0.2, 0) is 16.1 Å². The first kappa shape index (κ1) is 19.4. The molecule has 0 atom stereocenters. The number of aryl methyl sites for hydroxylation is 2. The number of nitrogens with one attached hydrogen (secondary N) is 1. The maximum absolute atomic E-state index is 12.0. The number of amides is 1. The van der Waals surface area contributed by atoms with Crippen LogP contribution < -0.4 is 5.32 Å². The molecule has 26 heavy (non-hydrogen) atoms. The van der Waals surface area contributed by atoms with Crippen molar-refractivity contribution in [3.8, 4) is 0 Å². The van der Waals surface area contributed by atoms with Gasteiger partial charge in [0, 0.05) is 11.1 Å². The van der Waals surface area contributed by atoms with Gasteiger partial charge in [0.2, 0.25) is 0 Å². The lowest BCUT2D eigenvalue weighted by Gasteiger charge is -2.16. The second-order valence-corrected chi connectivity index (χ2v) is 6.25. The van der Waals surface area contributed by atoms with Crippen molar-refractivity contribution in [2.45, 2.75) is 34.3 Å². The number of rotatable bonds is 6. The molecule has 0 heterocycles. The summed E-state index contributed by atoms with van der Waals surface area (Å²) >= 11 is 0. The van der Waals surface area contributed by atoms with Gasteiger partial charge in [0.15, 0.2) is 5.78 Å². The molecule has 1 amide bonds. The molecule has 0 saturated heterocycles. The Morgan fingerprint density at radius 1 is 1.00 bits per heavy atom. The number of carbonyl (C=O) groups is 3. The Bertz CT molecular complexity index is 841. The SMILES string of the molecule is CC(=O)c1c(C)cc(C)c(COC(=O)CNC(=O)c2ccccc2)c1C. The minimum Gasteiger partial charge on any atom is -0.459 e. The molecule has 136 valence electrons. The molecular weight excluding hydrogens is 330 g/mol. The van der Waals surface area contributed by atoms with Crippen LogP contribution in [0.5, 0.6) is 0 Å². The number of ketones is 1. The number of Topliss-reactive ketones (excluding diaryl/α,β-unsaturated/α-hetero) is 1. The number of benzene rings is 2. The number of hydrogen-bond acceptors (Lipinski definition) is 4. The van der Waals surface area contributed by atoms with Crippen molar-refractivity contribution >= 4 is 17.7 Å². The van der Waals surface area contributed by atoms with Gasteiger partial charge in [-0.15, -0.1) is 0 Å².